The van der Waals surface area contributed by atoms with Crippen molar-refractivity contribution in [3.63, 3.8) is 0 Å². The fourth-order valence-electron chi connectivity index (χ4n) is 4.57. The van der Waals surface area contributed by atoms with E-state index in [0.29, 0.717) is 30.6 Å². The normalized spacial score (nSPS) is 11.9. The maximum absolute atomic E-state index is 12.2. The summed E-state index contributed by atoms with van der Waals surface area (Å²) in [6.07, 6.45) is 24.9. The highest BCUT2D eigenvalue weighted by molar-refractivity contribution is 5.75. The van der Waals surface area contributed by atoms with Crippen molar-refractivity contribution in [2.45, 2.75) is 137 Å². The second-order valence-corrected chi connectivity index (χ2v) is 12.1. The Morgan fingerprint density at radius 1 is 0.737 bits per heavy atom. The Morgan fingerprint density at radius 3 is 1.84 bits per heavy atom. The van der Waals surface area contributed by atoms with E-state index in [1.54, 1.807) is 0 Å². The zero-order chi connectivity index (χ0) is 28.5. The molecule has 0 bridgehead atoms. The Hall–Kier alpha value is -1.62. The molecule has 0 saturated heterocycles. The van der Waals surface area contributed by atoms with E-state index in [9.17, 15) is 9.59 Å². The lowest BCUT2D eigenvalue weighted by molar-refractivity contribution is -0.883. The van der Waals surface area contributed by atoms with Crippen molar-refractivity contribution in [3.8, 4) is 0 Å². The van der Waals surface area contributed by atoms with Crippen LogP contribution in [0, 0.1) is 0 Å². The van der Waals surface area contributed by atoms with E-state index in [1.165, 1.54) is 81.8 Å². The van der Waals surface area contributed by atoms with E-state index in [-0.39, 0.29) is 11.9 Å². The number of ether oxygens (including phenoxy) is 1. The molecule has 0 aliphatic carbocycles. The number of nitrogens with zero attached hydrogens (tertiary/aromatic N) is 1. The lowest BCUT2D eigenvalue weighted by Crippen LogP contribution is -2.46. The largest absolute Gasteiger partial charge is 0.457 e. The zero-order valence-corrected chi connectivity index (χ0v) is 26.2. The van der Waals surface area contributed by atoms with E-state index in [2.05, 4.69) is 39.1 Å². The summed E-state index contributed by atoms with van der Waals surface area (Å²) in [6.45, 7) is 10.7. The highest BCUT2D eigenvalue weighted by atomic mass is 16.5. The van der Waals surface area contributed by atoms with Crippen molar-refractivity contribution in [2.24, 2.45) is 0 Å². The summed E-state index contributed by atoms with van der Waals surface area (Å²) in [5, 5.41) is 3.05. The molecule has 5 nitrogen and oxygen atoms in total. The first-order chi connectivity index (χ1) is 18.2. The van der Waals surface area contributed by atoms with Gasteiger partial charge in [-0.1, -0.05) is 101 Å². The van der Waals surface area contributed by atoms with Crippen LogP contribution >= 0.6 is 0 Å². The van der Waals surface area contributed by atoms with E-state index in [4.69, 9.17) is 4.74 Å². The van der Waals surface area contributed by atoms with Gasteiger partial charge in [-0.25, -0.2) is 4.79 Å². The minimum absolute atomic E-state index is 0.157. The van der Waals surface area contributed by atoms with Gasteiger partial charge in [-0.15, -0.1) is 0 Å². The quantitative estimate of drug-likeness (QED) is 0.0554. The van der Waals surface area contributed by atoms with Gasteiger partial charge in [0.15, 0.2) is 6.54 Å². The van der Waals surface area contributed by atoms with Gasteiger partial charge in [0.2, 0.25) is 5.91 Å². The number of allylic oxidation sites excluding steroid dienone is 3. The van der Waals surface area contributed by atoms with Gasteiger partial charge in [0.25, 0.3) is 0 Å². The minimum Gasteiger partial charge on any atom is -0.457 e. The van der Waals surface area contributed by atoms with Crippen LogP contribution in [0.3, 0.4) is 0 Å². The number of amides is 1. The molecule has 0 unspecified atom stereocenters. The third-order valence-corrected chi connectivity index (χ3v) is 7.09. The minimum atomic E-state index is -0.171. The number of likely N-dealkylation sites (N-methyl/N-ethyl adjacent to an activating group) is 1. The molecule has 0 saturated carbocycles. The molecule has 222 valence electrons. The molecule has 0 rings (SSSR count). The van der Waals surface area contributed by atoms with Crippen molar-refractivity contribution in [2.75, 3.05) is 40.3 Å². The summed E-state index contributed by atoms with van der Waals surface area (Å²) >= 11 is 0. The molecule has 38 heavy (non-hydrogen) atoms. The first-order valence-corrected chi connectivity index (χ1v) is 15.7. The molecule has 1 amide bonds. The average molecular weight is 536 g/mol. The predicted octanol–water partition coefficient (Wildman–Crippen LogP) is 8.29. The maximum atomic E-state index is 12.2. The molecule has 0 aliphatic rings. The van der Waals surface area contributed by atoms with Crippen LogP contribution in [-0.2, 0) is 14.3 Å². The first-order valence-electron chi connectivity index (χ1n) is 15.7. The molecule has 0 radical (unpaired) electrons. The molecule has 0 aromatic carbocycles. The average Bonchev–Trinajstić information content (AvgIpc) is 2.84. The molecule has 0 atom stereocenters. The molecule has 0 spiro atoms. The van der Waals surface area contributed by atoms with Crippen molar-refractivity contribution in [1.29, 1.82) is 0 Å². The standard InChI is InChI=1S/C33H62N2O3/c1-7-8-9-10-11-12-13-14-15-16-17-18-19-24-32(36)34-26-21-27-35(5,6)29-33(37)38-28-25-31(4)23-20-22-30(2)3/h22,25H,7-21,23-24,26-29H2,1-6H3/p+1/b31-25+. The summed E-state index contributed by atoms with van der Waals surface area (Å²) < 4.78 is 5.98. The number of hydrogen-bond acceptors (Lipinski definition) is 3. The van der Waals surface area contributed by atoms with Gasteiger partial charge < -0.3 is 14.5 Å². The number of rotatable bonds is 25. The lowest BCUT2D eigenvalue weighted by Gasteiger charge is -2.28. The van der Waals surface area contributed by atoms with Crippen molar-refractivity contribution < 1.29 is 18.8 Å². The molecule has 0 aromatic rings. The highest BCUT2D eigenvalue weighted by Crippen LogP contribution is 2.13. The van der Waals surface area contributed by atoms with Crippen molar-refractivity contribution in [3.05, 3.63) is 23.3 Å². The van der Waals surface area contributed by atoms with Crippen LogP contribution in [0.2, 0.25) is 0 Å². The summed E-state index contributed by atoms with van der Waals surface area (Å²) in [6, 6.07) is 0. The molecule has 0 heterocycles. The van der Waals surface area contributed by atoms with Crippen LogP contribution in [0.4, 0.5) is 0 Å². The first kappa shape index (κ1) is 36.4. The third-order valence-electron chi connectivity index (χ3n) is 7.09. The fraction of sp³-hybridized carbons (Fsp3) is 0.818. The topological polar surface area (TPSA) is 55.4 Å². The molecular formula is C33H63N2O3+. The highest BCUT2D eigenvalue weighted by Gasteiger charge is 2.20. The van der Waals surface area contributed by atoms with Crippen LogP contribution in [0.25, 0.3) is 0 Å². The number of nitrogens with one attached hydrogen (secondary N) is 1. The van der Waals surface area contributed by atoms with Crippen LogP contribution in [0.15, 0.2) is 23.3 Å². The summed E-state index contributed by atoms with van der Waals surface area (Å²) in [4.78, 5) is 24.4. The predicted molar refractivity (Wildman–Crippen MR) is 163 cm³/mol. The number of carbonyl (C=O) groups excluding carboxylic acids is 2. The van der Waals surface area contributed by atoms with E-state index >= 15 is 0 Å². The number of hydrogen-bond donors (Lipinski definition) is 1. The zero-order valence-electron chi connectivity index (χ0n) is 26.2. The summed E-state index contributed by atoms with van der Waals surface area (Å²) in [7, 11) is 4.08. The fourth-order valence-corrected chi connectivity index (χ4v) is 4.57. The molecule has 1 N–H and O–H groups in total. The molecule has 0 aliphatic heterocycles. The number of carbonyl (C=O) groups is 2. The van der Waals surface area contributed by atoms with Gasteiger partial charge in [-0.2, -0.15) is 0 Å². The van der Waals surface area contributed by atoms with Gasteiger partial charge in [-0.05, 0) is 46.1 Å². The van der Waals surface area contributed by atoms with Crippen molar-refractivity contribution >= 4 is 11.9 Å². The van der Waals surface area contributed by atoms with Crippen LogP contribution in [0.1, 0.15) is 137 Å². The Balaban J connectivity index is 3.70. The Labute approximate surface area is 236 Å². The summed E-state index contributed by atoms with van der Waals surface area (Å²) in [5.74, 6) is -0.0145. The van der Waals surface area contributed by atoms with Crippen LogP contribution in [-0.4, -0.2) is 56.7 Å². The smallest absolute Gasteiger partial charge is 0.362 e. The summed E-state index contributed by atoms with van der Waals surface area (Å²) in [5.41, 5.74) is 2.58. The molecule has 5 heteroatoms. The molecule has 0 aromatic heterocycles. The molecule has 0 fully saturated rings. The number of esters is 1. The second kappa shape index (κ2) is 24.4. The Kier molecular flexibility index (Phi) is 23.4. The Morgan fingerprint density at radius 2 is 1.29 bits per heavy atom. The van der Waals surface area contributed by atoms with Crippen LogP contribution in [0.5, 0.6) is 0 Å². The van der Waals surface area contributed by atoms with Crippen LogP contribution < -0.4 is 5.32 Å². The second-order valence-electron chi connectivity index (χ2n) is 12.1. The Bertz CT molecular complexity index is 663. The van der Waals surface area contributed by atoms with Gasteiger partial charge in [0.1, 0.15) is 6.61 Å². The lowest BCUT2D eigenvalue weighted by atomic mass is 10.0. The third kappa shape index (κ3) is 26.0. The van der Waals surface area contributed by atoms with Gasteiger partial charge >= 0.3 is 5.97 Å². The maximum Gasteiger partial charge on any atom is 0.362 e. The van der Waals surface area contributed by atoms with Gasteiger partial charge in [0, 0.05) is 19.4 Å². The van der Waals surface area contributed by atoms with E-state index < -0.39 is 0 Å². The van der Waals surface area contributed by atoms with E-state index in [1.807, 2.05) is 20.2 Å². The van der Waals surface area contributed by atoms with Gasteiger partial charge in [0.05, 0.1) is 20.6 Å². The van der Waals surface area contributed by atoms with Gasteiger partial charge in [-0.3, -0.25) is 4.79 Å². The van der Waals surface area contributed by atoms with E-state index in [0.717, 1.165) is 38.6 Å². The molecular weight excluding hydrogens is 472 g/mol. The number of quaternary nitrogens is 1. The SMILES string of the molecule is CCCCCCCCCCCCCCCC(=O)NCCC[N+](C)(C)CC(=O)OC/C=C(\C)CCC=C(C)C. The monoisotopic (exact) mass is 535 g/mol. The number of unbranched alkanes of at least 4 members (excludes halogenated alkanes) is 12. The van der Waals surface area contributed by atoms with Crippen molar-refractivity contribution in [1.82, 2.24) is 5.32 Å².